The number of amides is 2. The minimum absolute atomic E-state index is 0.209. The zero-order chi connectivity index (χ0) is 27.2. The number of halogens is 2. The van der Waals surface area contributed by atoms with E-state index >= 15 is 0 Å². The summed E-state index contributed by atoms with van der Waals surface area (Å²) in [7, 11) is 0. The van der Waals surface area contributed by atoms with Crippen molar-refractivity contribution in [2.45, 2.75) is 56.1 Å². The van der Waals surface area contributed by atoms with Crippen molar-refractivity contribution in [1.82, 2.24) is 0 Å². The number of benzene rings is 2. The molecule has 2 N–H and O–H groups in total. The molecule has 6 nitrogen and oxygen atoms in total. The van der Waals surface area contributed by atoms with Gasteiger partial charge in [-0.25, -0.2) is 4.79 Å². The Morgan fingerprint density at radius 2 is 1.84 bits per heavy atom. The quantitative estimate of drug-likeness (QED) is 0.158. The maximum Gasteiger partial charge on any atom is 0.341 e. The van der Waals surface area contributed by atoms with E-state index in [2.05, 4.69) is 10.6 Å². The first-order valence-corrected chi connectivity index (χ1v) is 14.9. The van der Waals surface area contributed by atoms with Gasteiger partial charge in [-0.3, -0.25) is 9.59 Å². The van der Waals surface area contributed by atoms with Gasteiger partial charge < -0.3 is 15.4 Å². The monoisotopic (exact) mass is 590 g/mol. The molecule has 0 spiro atoms. The molecular weight excluding hydrogens is 563 g/mol. The average Bonchev–Trinajstić information content (AvgIpc) is 3.04. The molecule has 0 radical (unpaired) electrons. The van der Waals surface area contributed by atoms with Crippen LogP contribution in [0.4, 0.5) is 10.7 Å². The molecule has 0 fully saturated rings. The fourth-order valence-electron chi connectivity index (χ4n) is 4.24. The maximum atomic E-state index is 13.2. The molecule has 1 atom stereocenters. The van der Waals surface area contributed by atoms with Gasteiger partial charge in [0.1, 0.15) is 5.00 Å². The molecule has 4 rings (SSSR count). The van der Waals surface area contributed by atoms with Crippen molar-refractivity contribution >= 4 is 74.8 Å². The fraction of sp³-hybridized carbons (Fsp3) is 0.321. The van der Waals surface area contributed by atoms with E-state index in [1.807, 2.05) is 6.07 Å². The summed E-state index contributed by atoms with van der Waals surface area (Å²) in [5, 5.41) is 6.65. The third-order valence-corrected chi connectivity index (χ3v) is 8.94. The van der Waals surface area contributed by atoms with Crippen LogP contribution in [0.3, 0.4) is 0 Å². The van der Waals surface area contributed by atoms with Gasteiger partial charge in [-0.05, 0) is 81.5 Å². The van der Waals surface area contributed by atoms with Gasteiger partial charge in [0.15, 0.2) is 0 Å². The molecule has 2 amide bonds. The lowest BCUT2D eigenvalue weighted by Gasteiger charge is -2.14. The number of hydrogen-bond acceptors (Lipinski definition) is 6. The number of aryl methyl sites for hydroxylation is 1. The first-order valence-electron chi connectivity index (χ1n) is 12.4. The van der Waals surface area contributed by atoms with E-state index in [4.69, 9.17) is 27.9 Å². The number of carbonyl (C=O) groups is 3. The number of carbonyl (C=O) groups excluding carboxylic acids is 3. The molecule has 1 aromatic heterocycles. The number of nitrogens with one attached hydrogen (secondary N) is 2. The van der Waals surface area contributed by atoms with E-state index in [0.29, 0.717) is 26.8 Å². The normalized spacial score (nSPS) is 13.7. The van der Waals surface area contributed by atoms with Gasteiger partial charge in [0, 0.05) is 20.5 Å². The number of thioether (sulfide) groups is 1. The molecular formula is C28H28Cl2N2O4S2. The van der Waals surface area contributed by atoms with Gasteiger partial charge >= 0.3 is 5.97 Å². The van der Waals surface area contributed by atoms with Crippen molar-refractivity contribution in [1.29, 1.82) is 0 Å². The Kier molecular flexibility index (Phi) is 9.76. The largest absolute Gasteiger partial charge is 0.462 e. The number of thiophene rings is 1. The molecule has 0 bridgehead atoms. The molecule has 0 saturated carbocycles. The molecule has 0 saturated heterocycles. The smallest absolute Gasteiger partial charge is 0.341 e. The Bertz CT molecular complexity index is 1360. The van der Waals surface area contributed by atoms with E-state index in [0.717, 1.165) is 47.4 Å². The standard InChI is InChI=1S/C28H28Cl2N2O4S2/c1-3-36-28(35)24-21-10-5-4-6-11-23(21)38-27(24)32-25(33)16(2)37-19-9-7-8-18(15-19)31-26(34)20-13-12-17(29)14-22(20)30/h7-9,12-16H,3-6,10-11H2,1-2H3,(H,31,34)(H,32,33). The van der Waals surface area contributed by atoms with Gasteiger partial charge in [-0.1, -0.05) is 35.7 Å². The van der Waals surface area contributed by atoms with Crippen LogP contribution in [0.25, 0.3) is 0 Å². The highest BCUT2D eigenvalue weighted by atomic mass is 35.5. The molecule has 10 heteroatoms. The van der Waals surface area contributed by atoms with Gasteiger partial charge in [0.2, 0.25) is 5.91 Å². The molecule has 0 aliphatic heterocycles. The van der Waals surface area contributed by atoms with E-state index in [9.17, 15) is 14.4 Å². The molecule has 3 aromatic rings. The lowest BCUT2D eigenvalue weighted by Crippen LogP contribution is -2.23. The fourth-order valence-corrected chi connectivity index (χ4v) is 6.94. The van der Waals surface area contributed by atoms with Crippen LogP contribution in [0.15, 0.2) is 47.4 Å². The Balaban J connectivity index is 1.45. The predicted molar refractivity (Wildman–Crippen MR) is 156 cm³/mol. The van der Waals surface area contributed by atoms with E-state index in [1.54, 1.807) is 44.2 Å². The van der Waals surface area contributed by atoms with Crippen molar-refractivity contribution in [3.05, 3.63) is 74.1 Å². The molecule has 38 heavy (non-hydrogen) atoms. The number of ether oxygens (including phenoxy) is 1. The topological polar surface area (TPSA) is 84.5 Å². The van der Waals surface area contributed by atoms with Gasteiger partial charge in [-0.15, -0.1) is 23.1 Å². The zero-order valence-electron chi connectivity index (χ0n) is 21.1. The summed E-state index contributed by atoms with van der Waals surface area (Å²) < 4.78 is 5.32. The Morgan fingerprint density at radius 1 is 1.05 bits per heavy atom. The van der Waals surface area contributed by atoms with Crippen LogP contribution in [-0.2, 0) is 22.4 Å². The summed E-state index contributed by atoms with van der Waals surface area (Å²) in [5.74, 6) is -0.949. The van der Waals surface area contributed by atoms with Gasteiger partial charge in [-0.2, -0.15) is 0 Å². The summed E-state index contributed by atoms with van der Waals surface area (Å²) in [6.45, 7) is 3.86. The molecule has 1 aliphatic carbocycles. The second-order valence-corrected chi connectivity index (χ2v) is 12.2. The highest BCUT2D eigenvalue weighted by Gasteiger charge is 2.27. The summed E-state index contributed by atoms with van der Waals surface area (Å²) >= 11 is 14.9. The van der Waals surface area contributed by atoms with Crippen molar-refractivity contribution in [3.8, 4) is 0 Å². The highest BCUT2D eigenvalue weighted by molar-refractivity contribution is 8.00. The zero-order valence-corrected chi connectivity index (χ0v) is 24.2. The van der Waals surface area contributed by atoms with Crippen LogP contribution in [0.1, 0.15) is 64.3 Å². The van der Waals surface area contributed by atoms with E-state index in [1.165, 1.54) is 29.2 Å². The number of rotatable bonds is 8. The first kappa shape index (κ1) is 28.5. The highest BCUT2D eigenvalue weighted by Crippen LogP contribution is 2.38. The number of hydrogen-bond donors (Lipinski definition) is 2. The molecule has 1 unspecified atom stereocenters. The van der Waals surface area contributed by atoms with E-state index < -0.39 is 5.25 Å². The van der Waals surface area contributed by atoms with Crippen LogP contribution in [0, 0.1) is 0 Å². The van der Waals surface area contributed by atoms with Crippen molar-refractivity contribution in [3.63, 3.8) is 0 Å². The van der Waals surface area contributed by atoms with Gasteiger partial charge in [0.05, 0.1) is 28.0 Å². The minimum Gasteiger partial charge on any atom is -0.462 e. The minimum atomic E-state index is -0.455. The SMILES string of the molecule is CCOC(=O)c1c(NC(=O)C(C)Sc2cccc(NC(=O)c3ccc(Cl)cc3Cl)c2)sc2c1CCCCC2. The number of fused-ring (bicyclic) bond motifs is 1. The summed E-state index contributed by atoms with van der Waals surface area (Å²) in [6.07, 6.45) is 4.96. The van der Waals surface area contributed by atoms with E-state index in [-0.39, 0.29) is 29.4 Å². The van der Waals surface area contributed by atoms with Crippen molar-refractivity contribution in [2.75, 3.05) is 17.2 Å². The number of anilines is 2. The predicted octanol–water partition coefficient (Wildman–Crippen LogP) is 7.87. The Labute approximate surface area is 240 Å². The van der Waals surface area contributed by atoms with Crippen LogP contribution < -0.4 is 10.6 Å². The summed E-state index contributed by atoms with van der Waals surface area (Å²) in [5.41, 5.74) is 2.41. The van der Waals surface area contributed by atoms with Crippen LogP contribution in [-0.4, -0.2) is 29.6 Å². The summed E-state index contributed by atoms with van der Waals surface area (Å²) in [4.78, 5) is 40.6. The summed E-state index contributed by atoms with van der Waals surface area (Å²) in [6, 6.07) is 11.9. The van der Waals surface area contributed by atoms with Crippen molar-refractivity contribution < 1.29 is 19.1 Å². The Hall–Kier alpha value is -2.52. The Morgan fingerprint density at radius 3 is 2.61 bits per heavy atom. The molecule has 1 aliphatic rings. The third-order valence-electron chi connectivity index (χ3n) is 6.09. The molecule has 1 heterocycles. The van der Waals surface area contributed by atoms with Crippen LogP contribution >= 0.6 is 46.3 Å². The van der Waals surface area contributed by atoms with Crippen LogP contribution in [0.2, 0.25) is 10.0 Å². The van der Waals surface area contributed by atoms with Crippen LogP contribution in [0.5, 0.6) is 0 Å². The maximum absolute atomic E-state index is 13.2. The molecule has 200 valence electrons. The molecule has 2 aromatic carbocycles. The third kappa shape index (κ3) is 6.91. The first-order chi connectivity index (χ1) is 18.3. The number of esters is 1. The van der Waals surface area contributed by atoms with Gasteiger partial charge in [0.25, 0.3) is 5.91 Å². The lowest BCUT2D eigenvalue weighted by molar-refractivity contribution is -0.115. The van der Waals surface area contributed by atoms with Crippen molar-refractivity contribution in [2.24, 2.45) is 0 Å². The lowest BCUT2D eigenvalue weighted by atomic mass is 10.1. The average molecular weight is 592 g/mol. The second kappa shape index (κ2) is 13.0. The second-order valence-electron chi connectivity index (χ2n) is 8.84.